The Labute approximate surface area is 226 Å². The van der Waals surface area contributed by atoms with Crippen molar-refractivity contribution in [2.45, 2.75) is 116 Å². The van der Waals surface area contributed by atoms with Crippen molar-refractivity contribution >= 4 is 12.0 Å². The number of likely N-dealkylation sites (N-methyl/N-ethyl adjacent to an activating group) is 1. The Balaban J connectivity index is 1.97. The van der Waals surface area contributed by atoms with Gasteiger partial charge in [-0.15, -0.1) is 0 Å². The number of nitrogens with zero attached hydrogens (tertiary/aromatic N) is 2. The van der Waals surface area contributed by atoms with Crippen molar-refractivity contribution in [3.05, 3.63) is 5.76 Å². The number of unbranched alkanes of at least 4 members (excludes halogenated alkanes) is 15. The van der Waals surface area contributed by atoms with Gasteiger partial charge in [-0.25, -0.2) is 9.59 Å². The summed E-state index contributed by atoms with van der Waals surface area (Å²) in [5.41, 5.74) is 0. The van der Waals surface area contributed by atoms with Gasteiger partial charge >= 0.3 is 6.09 Å². The molecule has 0 aliphatic carbocycles. The first-order valence-corrected chi connectivity index (χ1v) is 14.9. The summed E-state index contributed by atoms with van der Waals surface area (Å²) in [6.07, 6.45) is 19.5. The van der Waals surface area contributed by atoms with Crippen molar-refractivity contribution < 1.29 is 23.9 Å². The molecule has 1 aliphatic heterocycles. The molecule has 1 aliphatic rings. The fraction of sp³-hybridized carbons (Fsp3) is 0.897. The molecule has 1 rings (SSSR count). The van der Waals surface area contributed by atoms with Crippen LogP contribution in [0.1, 0.15) is 110 Å². The highest BCUT2D eigenvalue weighted by molar-refractivity contribution is 5.71. The molecule has 1 amide bonds. The third-order valence-electron chi connectivity index (χ3n) is 7.05. The molecule has 1 N–H and O–H groups in total. The second-order valence-corrected chi connectivity index (χ2v) is 10.3. The molecule has 0 bridgehead atoms. The number of methoxy groups -OCH3 is 1. The molecular weight excluding hydrogens is 470 g/mol. The van der Waals surface area contributed by atoms with E-state index in [1.54, 1.807) is 5.94 Å². The average molecular weight is 526 g/mol. The van der Waals surface area contributed by atoms with E-state index in [1.165, 1.54) is 97.0 Å². The van der Waals surface area contributed by atoms with Crippen LogP contribution in [0.5, 0.6) is 0 Å². The Morgan fingerprint density at radius 1 is 0.811 bits per heavy atom. The van der Waals surface area contributed by atoms with Crippen LogP contribution in [0.4, 0.5) is 4.79 Å². The van der Waals surface area contributed by atoms with Crippen molar-refractivity contribution in [2.75, 3.05) is 53.5 Å². The lowest BCUT2D eigenvalue weighted by molar-refractivity contribution is -0.193. The topological polar surface area (TPSA) is 80.3 Å². The Morgan fingerprint density at radius 3 is 1.76 bits per heavy atom. The number of alkyl carbamates (subject to hydrolysis) is 1. The van der Waals surface area contributed by atoms with Crippen LogP contribution >= 0.6 is 0 Å². The second-order valence-electron chi connectivity index (χ2n) is 10.3. The minimum absolute atomic E-state index is 0.0944. The zero-order chi connectivity index (χ0) is 27.0. The highest BCUT2D eigenvalue weighted by atomic mass is 16.7. The van der Waals surface area contributed by atoms with Crippen LogP contribution in [0.15, 0.2) is 5.76 Å². The van der Waals surface area contributed by atoms with Gasteiger partial charge in [0.05, 0.1) is 0 Å². The van der Waals surface area contributed by atoms with E-state index in [0.717, 1.165) is 39.0 Å². The van der Waals surface area contributed by atoms with Gasteiger partial charge in [-0.1, -0.05) is 103 Å². The van der Waals surface area contributed by atoms with Crippen LogP contribution in [0.25, 0.3) is 0 Å². The molecule has 37 heavy (non-hydrogen) atoms. The molecule has 0 aromatic heterocycles. The van der Waals surface area contributed by atoms with E-state index in [1.807, 2.05) is 5.06 Å². The zero-order valence-electron chi connectivity index (χ0n) is 24.1. The number of carbonyl (C=O) groups is 1. The number of piperazine rings is 1. The predicted molar refractivity (Wildman–Crippen MR) is 149 cm³/mol. The smallest absolute Gasteiger partial charge is 0.400 e. The fourth-order valence-corrected chi connectivity index (χ4v) is 4.49. The van der Waals surface area contributed by atoms with Gasteiger partial charge in [-0.05, 0) is 13.5 Å². The maximum Gasteiger partial charge on any atom is 0.413 e. The molecule has 8 nitrogen and oxygen atoms in total. The Kier molecular flexibility index (Phi) is 21.5. The third kappa shape index (κ3) is 18.5. The van der Waals surface area contributed by atoms with Gasteiger partial charge in [-0.2, -0.15) is 5.06 Å². The van der Waals surface area contributed by atoms with E-state index in [4.69, 9.17) is 14.3 Å². The largest absolute Gasteiger partial charge is 0.413 e. The summed E-state index contributed by atoms with van der Waals surface area (Å²) >= 11 is 0. The molecule has 1 fully saturated rings. The first-order chi connectivity index (χ1) is 18.1. The molecule has 0 saturated carbocycles. The van der Waals surface area contributed by atoms with Gasteiger partial charge in [-0.3, -0.25) is 4.84 Å². The van der Waals surface area contributed by atoms with Crippen LogP contribution in [0, 0.1) is 0 Å². The van der Waals surface area contributed by atoms with E-state index in [-0.39, 0.29) is 12.4 Å². The van der Waals surface area contributed by atoms with Crippen molar-refractivity contribution in [1.82, 2.24) is 15.3 Å². The SMILES string of the molecule is CCCCCCCCCCCCCCCCCCNC(=O)OC(=C=O)C(CON1CCN(C)CC1)OC. The quantitative estimate of drug-likeness (QED) is 0.101. The summed E-state index contributed by atoms with van der Waals surface area (Å²) in [5, 5.41) is 4.55. The van der Waals surface area contributed by atoms with E-state index in [9.17, 15) is 9.59 Å². The summed E-state index contributed by atoms with van der Waals surface area (Å²) in [6.45, 7) is 6.25. The van der Waals surface area contributed by atoms with Gasteiger partial charge in [0.1, 0.15) is 6.61 Å². The highest BCUT2D eigenvalue weighted by Crippen LogP contribution is 2.14. The first-order valence-electron chi connectivity index (χ1n) is 14.9. The molecule has 216 valence electrons. The number of amides is 1. The fourth-order valence-electron chi connectivity index (χ4n) is 4.49. The van der Waals surface area contributed by atoms with Gasteiger partial charge < -0.3 is 19.7 Å². The second kappa shape index (κ2) is 23.7. The van der Waals surface area contributed by atoms with Crippen LogP contribution < -0.4 is 5.32 Å². The van der Waals surface area contributed by atoms with Crippen molar-refractivity contribution in [3.63, 3.8) is 0 Å². The molecule has 0 aromatic rings. The molecule has 1 heterocycles. The summed E-state index contributed by atoms with van der Waals surface area (Å²) in [5.74, 6) is 1.50. The number of carbonyl (C=O) groups excluding carboxylic acids is 2. The van der Waals surface area contributed by atoms with Gasteiger partial charge in [0, 0.05) is 39.8 Å². The molecule has 0 radical (unpaired) electrons. The van der Waals surface area contributed by atoms with Gasteiger partial charge in [0.25, 0.3) is 0 Å². The molecular formula is C29H55N3O5. The Morgan fingerprint density at radius 2 is 1.30 bits per heavy atom. The monoisotopic (exact) mass is 525 g/mol. The lowest BCUT2D eigenvalue weighted by atomic mass is 10.0. The highest BCUT2D eigenvalue weighted by Gasteiger charge is 2.23. The van der Waals surface area contributed by atoms with E-state index in [2.05, 4.69) is 24.2 Å². The lowest BCUT2D eigenvalue weighted by Gasteiger charge is -2.32. The average Bonchev–Trinajstić information content (AvgIpc) is 2.91. The molecule has 0 aromatic carbocycles. The van der Waals surface area contributed by atoms with Crippen molar-refractivity contribution in [1.29, 1.82) is 0 Å². The molecule has 8 heteroatoms. The van der Waals surface area contributed by atoms with Crippen LogP contribution in [-0.2, 0) is 19.1 Å². The lowest BCUT2D eigenvalue weighted by Crippen LogP contribution is -2.45. The maximum absolute atomic E-state index is 12.1. The van der Waals surface area contributed by atoms with E-state index in [0.29, 0.717) is 6.54 Å². The van der Waals surface area contributed by atoms with Crippen molar-refractivity contribution in [2.24, 2.45) is 0 Å². The maximum atomic E-state index is 12.1. The Bertz CT molecular complexity index is 604. The minimum Gasteiger partial charge on any atom is -0.400 e. The standard InChI is InChI=1S/C29H55N3O5/c1-4-5-6-7-8-9-10-11-12-13-14-15-16-17-18-19-20-30-29(34)37-27(25-33)28(35-3)26-36-32-23-21-31(2)22-24-32/h28H,4-24,26H2,1-3H3,(H,30,34). The zero-order valence-corrected chi connectivity index (χ0v) is 24.1. The number of ether oxygens (including phenoxy) is 2. The van der Waals surface area contributed by atoms with E-state index >= 15 is 0 Å². The molecule has 1 saturated heterocycles. The summed E-state index contributed by atoms with van der Waals surface area (Å²) in [4.78, 5) is 31.4. The van der Waals surface area contributed by atoms with Crippen LogP contribution in [0.3, 0.4) is 0 Å². The minimum atomic E-state index is -0.779. The van der Waals surface area contributed by atoms with E-state index < -0.39 is 12.2 Å². The number of hydrogen-bond donors (Lipinski definition) is 1. The number of nitrogens with one attached hydrogen (secondary N) is 1. The predicted octanol–water partition coefficient (Wildman–Crippen LogP) is 5.88. The van der Waals surface area contributed by atoms with Crippen LogP contribution in [0.2, 0.25) is 0 Å². The molecule has 1 unspecified atom stereocenters. The normalized spacial score (nSPS) is 15.3. The first kappa shape index (κ1) is 33.6. The number of rotatable bonds is 23. The summed E-state index contributed by atoms with van der Waals surface area (Å²) in [7, 11) is 3.52. The molecule has 0 spiro atoms. The Hall–Kier alpha value is -1.44. The van der Waals surface area contributed by atoms with Gasteiger partial charge in [0.2, 0.25) is 5.76 Å². The number of hydrogen-bond acceptors (Lipinski definition) is 7. The summed E-state index contributed by atoms with van der Waals surface area (Å²) < 4.78 is 10.4. The number of hydroxylamine groups is 2. The van der Waals surface area contributed by atoms with Crippen LogP contribution in [-0.4, -0.2) is 81.6 Å². The van der Waals surface area contributed by atoms with Gasteiger partial charge in [0.15, 0.2) is 12.0 Å². The van der Waals surface area contributed by atoms with Crippen molar-refractivity contribution in [3.8, 4) is 0 Å². The third-order valence-corrected chi connectivity index (χ3v) is 7.05. The molecule has 1 atom stereocenters. The summed E-state index contributed by atoms with van der Waals surface area (Å²) in [6, 6.07) is 0.